The van der Waals surface area contributed by atoms with E-state index in [0.29, 0.717) is 10.2 Å². The highest BCUT2D eigenvalue weighted by atomic mass is 32.2. The van der Waals surface area contributed by atoms with Gasteiger partial charge >= 0.3 is 0 Å². The minimum absolute atomic E-state index is 0.405. The molecular weight excluding hydrogens is 521 g/mol. The summed E-state index contributed by atoms with van der Waals surface area (Å²) in [7, 11) is 3.32. The molecule has 2 aromatic heterocycles. The van der Waals surface area contributed by atoms with E-state index in [1.54, 1.807) is 50.1 Å². The van der Waals surface area contributed by atoms with E-state index < -0.39 is 0 Å². The molecule has 0 amide bonds. The van der Waals surface area contributed by atoms with Crippen LogP contribution in [0.2, 0.25) is 0 Å². The first-order valence-electron chi connectivity index (χ1n) is 11.2. The van der Waals surface area contributed by atoms with Crippen LogP contribution in [-0.2, 0) is 11.5 Å². The van der Waals surface area contributed by atoms with Crippen molar-refractivity contribution < 1.29 is 9.47 Å². The zero-order chi connectivity index (χ0) is 25.5. The number of thiocarbonyl (C=S) groups is 2. The first-order chi connectivity index (χ1) is 17.0. The number of hydrogen-bond acceptors (Lipinski definition) is 8. The minimum atomic E-state index is 0.405. The SMILES string of the molecule is COc1cccnc1CSCCN(CCCN(CCSCc1ncccc1OC)C(N)=S)C(N)=S. The highest BCUT2D eigenvalue weighted by Crippen LogP contribution is 2.21. The van der Waals surface area contributed by atoms with Gasteiger partial charge in [-0.05, 0) is 55.1 Å². The molecule has 2 heterocycles. The molecule has 0 spiro atoms. The topological polar surface area (TPSA) is 103 Å². The van der Waals surface area contributed by atoms with Crippen molar-refractivity contribution >= 4 is 58.2 Å². The number of nitrogens with zero attached hydrogens (tertiary/aromatic N) is 4. The van der Waals surface area contributed by atoms with Crippen molar-refractivity contribution in [1.82, 2.24) is 19.8 Å². The predicted molar refractivity (Wildman–Crippen MR) is 155 cm³/mol. The quantitative estimate of drug-likeness (QED) is 0.235. The molecule has 0 radical (unpaired) electrons. The second kappa shape index (κ2) is 16.6. The number of hydrogen-bond donors (Lipinski definition) is 2. The molecule has 35 heavy (non-hydrogen) atoms. The van der Waals surface area contributed by atoms with Crippen molar-refractivity contribution in [1.29, 1.82) is 0 Å². The summed E-state index contributed by atoms with van der Waals surface area (Å²) in [6, 6.07) is 7.58. The fraction of sp³-hybridized carbons (Fsp3) is 0.478. The van der Waals surface area contributed by atoms with Gasteiger partial charge in [0.2, 0.25) is 0 Å². The summed E-state index contributed by atoms with van der Waals surface area (Å²) in [6.45, 7) is 3.04. The summed E-state index contributed by atoms with van der Waals surface area (Å²) in [6.07, 6.45) is 4.41. The fourth-order valence-electron chi connectivity index (χ4n) is 3.24. The number of thioether (sulfide) groups is 2. The van der Waals surface area contributed by atoms with Gasteiger partial charge in [0, 0.05) is 61.6 Å². The van der Waals surface area contributed by atoms with Crippen LogP contribution < -0.4 is 20.9 Å². The second-order valence-corrected chi connectivity index (χ2v) is 10.5. The van der Waals surface area contributed by atoms with Crippen molar-refractivity contribution in [2.24, 2.45) is 11.5 Å². The molecule has 0 unspecified atom stereocenters. The van der Waals surface area contributed by atoms with Crippen LogP contribution in [0.25, 0.3) is 0 Å². The van der Waals surface area contributed by atoms with Gasteiger partial charge in [0.05, 0.1) is 25.6 Å². The zero-order valence-corrected chi connectivity index (χ0v) is 23.5. The van der Waals surface area contributed by atoms with Gasteiger partial charge in [0.15, 0.2) is 10.2 Å². The van der Waals surface area contributed by atoms with Crippen molar-refractivity contribution in [3.05, 3.63) is 48.0 Å². The lowest BCUT2D eigenvalue weighted by Crippen LogP contribution is -2.41. The van der Waals surface area contributed by atoms with Gasteiger partial charge in [0.25, 0.3) is 0 Å². The zero-order valence-electron chi connectivity index (χ0n) is 20.2. The Hall–Kier alpha value is -2.02. The molecule has 0 saturated heterocycles. The molecular formula is C23H34N6O2S4. The van der Waals surface area contributed by atoms with Gasteiger partial charge in [-0.3, -0.25) is 9.97 Å². The minimum Gasteiger partial charge on any atom is -0.495 e. The monoisotopic (exact) mass is 554 g/mol. The van der Waals surface area contributed by atoms with E-state index in [0.717, 1.165) is 78.5 Å². The lowest BCUT2D eigenvalue weighted by Gasteiger charge is -2.26. The van der Waals surface area contributed by atoms with E-state index in [1.165, 1.54) is 0 Å². The van der Waals surface area contributed by atoms with Crippen molar-refractivity contribution in [3.8, 4) is 11.5 Å². The number of aromatic nitrogens is 2. The van der Waals surface area contributed by atoms with E-state index in [4.69, 9.17) is 45.4 Å². The summed E-state index contributed by atoms with van der Waals surface area (Å²) in [5.41, 5.74) is 13.8. The predicted octanol–water partition coefficient (Wildman–Crippen LogP) is 3.14. The van der Waals surface area contributed by atoms with Crippen molar-refractivity contribution in [2.45, 2.75) is 17.9 Å². The molecule has 0 aliphatic carbocycles. The lowest BCUT2D eigenvalue weighted by molar-refractivity contribution is 0.377. The van der Waals surface area contributed by atoms with E-state index in [-0.39, 0.29) is 0 Å². The molecule has 0 saturated carbocycles. The molecule has 0 bridgehead atoms. The van der Waals surface area contributed by atoms with E-state index in [9.17, 15) is 0 Å². The molecule has 192 valence electrons. The molecule has 2 aromatic rings. The average molecular weight is 555 g/mol. The van der Waals surface area contributed by atoms with Crippen LogP contribution in [0.1, 0.15) is 17.8 Å². The number of methoxy groups -OCH3 is 2. The normalized spacial score (nSPS) is 10.6. The van der Waals surface area contributed by atoms with Crippen molar-refractivity contribution in [3.63, 3.8) is 0 Å². The Bertz CT molecular complexity index is 863. The number of ether oxygens (including phenoxy) is 2. The Kier molecular flexibility index (Phi) is 13.9. The first kappa shape index (κ1) is 29.2. The van der Waals surface area contributed by atoms with Gasteiger partial charge in [-0.2, -0.15) is 23.5 Å². The molecule has 12 heteroatoms. The summed E-state index contributed by atoms with van der Waals surface area (Å²) in [4.78, 5) is 12.8. The average Bonchev–Trinajstić information content (AvgIpc) is 2.86. The Morgan fingerprint density at radius 1 is 0.800 bits per heavy atom. The van der Waals surface area contributed by atoms with Gasteiger partial charge in [-0.15, -0.1) is 0 Å². The van der Waals surface area contributed by atoms with Crippen LogP contribution in [0, 0.1) is 0 Å². The first-order valence-corrected chi connectivity index (χ1v) is 14.3. The van der Waals surface area contributed by atoms with Crippen LogP contribution >= 0.6 is 48.0 Å². The van der Waals surface area contributed by atoms with E-state index in [2.05, 4.69) is 9.97 Å². The summed E-state index contributed by atoms with van der Waals surface area (Å²) in [5, 5.41) is 0.811. The molecule has 8 nitrogen and oxygen atoms in total. The highest BCUT2D eigenvalue weighted by molar-refractivity contribution is 7.98. The summed E-state index contributed by atoms with van der Waals surface area (Å²) >= 11 is 14.1. The molecule has 0 aliphatic rings. The highest BCUT2D eigenvalue weighted by Gasteiger charge is 2.11. The van der Waals surface area contributed by atoms with Gasteiger partial charge < -0.3 is 30.7 Å². The molecule has 4 N–H and O–H groups in total. The molecule has 2 rings (SSSR count). The second-order valence-electron chi connectivity index (χ2n) is 7.41. The maximum atomic E-state index is 5.96. The third kappa shape index (κ3) is 10.6. The molecule has 0 aromatic carbocycles. The third-order valence-electron chi connectivity index (χ3n) is 5.10. The molecule has 0 atom stereocenters. The third-order valence-corrected chi connectivity index (χ3v) is 7.52. The maximum absolute atomic E-state index is 5.96. The Balaban J connectivity index is 1.70. The van der Waals surface area contributed by atoms with E-state index in [1.807, 2.05) is 34.1 Å². The van der Waals surface area contributed by atoms with Gasteiger partial charge in [-0.25, -0.2) is 0 Å². The largest absolute Gasteiger partial charge is 0.495 e. The standard InChI is InChI=1S/C23H34N6O2S4/c1-30-20-6-3-8-26-18(20)16-34-14-12-28(22(24)32)10-5-11-29(23(25)33)13-15-35-17-19-21(31-2)7-4-9-27-19/h3-4,6-9H,5,10-17H2,1-2H3,(H2,24,32)(H2,25,33). The van der Waals surface area contributed by atoms with Crippen LogP contribution in [0.15, 0.2) is 36.7 Å². The van der Waals surface area contributed by atoms with Crippen LogP contribution in [0.4, 0.5) is 0 Å². The Morgan fingerprint density at radius 2 is 1.23 bits per heavy atom. The number of rotatable bonds is 16. The smallest absolute Gasteiger partial charge is 0.166 e. The van der Waals surface area contributed by atoms with Gasteiger partial charge in [0.1, 0.15) is 11.5 Å². The number of pyridine rings is 2. The Morgan fingerprint density at radius 3 is 1.60 bits per heavy atom. The fourth-order valence-corrected chi connectivity index (χ4v) is 5.41. The Labute approximate surface area is 227 Å². The van der Waals surface area contributed by atoms with Crippen molar-refractivity contribution in [2.75, 3.05) is 51.9 Å². The lowest BCUT2D eigenvalue weighted by atomic mass is 10.3. The molecule has 0 aliphatic heterocycles. The van der Waals surface area contributed by atoms with Crippen LogP contribution in [0.5, 0.6) is 11.5 Å². The van der Waals surface area contributed by atoms with Crippen LogP contribution in [-0.4, -0.2) is 81.9 Å². The maximum Gasteiger partial charge on any atom is 0.166 e. The molecule has 0 fully saturated rings. The number of nitrogens with two attached hydrogens (primary N) is 2. The summed E-state index contributed by atoms with van der Waals surface area (Å²) < 4.78 is 10.7. The summed E-state index contributed by atoms with van der Waals surface area (Å²) in [5.74, 6) is 4.91. The van der Waals surface area contributed by atoms with Gasteiger partial charge in [-0.1, -0.05) is 0 Å². The van der Waals surface area contributed by atoms with E-state index >= 15 is 0 Å². The van der Waals surface area contributed by atoms with Crippen LogP contribution in [0.3, 0.4) is 0 Å².